The van der Waals surface area contributed by atoms with Gasteiger partial charge in [-0.15, -0.1) is 0 Å². The highest BCUT2D eigenvalue weighted by Crippen LogP contribution is 2.51. The summed E-state index contributed by atoms with van der Waals surface area (Å²) in [6.07, 6.45) is -0.272. The Kier molecular flexibility index (Phi) is 2.45. The molecule has 1 saturated heterocycles. The van der Waals surface area contributed by atoms with Crippen molar-refractivity contribution in [2.24, 2.45) is 0 Å². The first kappa shape index (κ1) is 11.3. The molecule has 0 bridgehead atoms. The minimum Gasteiger partial charge on any atom is -0.464 e. The minimum atomic E-state index is -0.871. The van der Waals surface area contributed by atoms with Crippen LogP contribution in [0.25, 0.3) is 0 Å². The summed E-state index contributed by atoms with van der Waals surface area (Å²) < 4.78 is 21.0. The van der Waals surface area contributed by atoms with Crippen LogP contribution in [0.4, 0.5) is 0 Å². The lowest BCUT2D eigenvalue weighted by Gasteiger charge is -2.06. The van der Waals surface area contributed by atoms with Gasteiger partial charge >= 0.3 is 5.97 Å². The van der Waals surface area contributed by atoms with Gasteiger partial charge in [-0.1, -0.05) is 6.07 Å². The molecule has 96 valence electrons. The number of rotatable bonds is 3. The van der Waals surface area contributed by atoms with Crippen LogP contribution in [0.3, 0.4) is 0 Å². The fourth-order valence-electron chi connectivity index (χ4n) is 2.10. The van der Waals surface area contributed by atoms with E-state index in [1.807, 2.05) is 18.2 Å². The summed E-state index contributed by atoms with van der Waals surface area (Å²) in [5.74, 6) is 1.08. The van der Waals surface area contributed by atoms with E-state index in [0.29, 0.717) is 12.4 Å². The van der Waals surface area contributed by atoms with E-state index in [1.165, 1.54) is 0 Å². The third kappa shape index (κ3) is 1.62. The summed E-state index contributed by atoms with van der Waals surface area (Å²) in [6.45, 7) is 4.10. The molecule has 0 radical (unpaired) electrons. The summed E-state index contributed by atoms with van der Waals surface area (Å²) in [7, 11) is 0. The van der Waals surface area contributed by atoms with Crippen LogP contribution < -0.4 is 9.47 Å². The van der Waals surface area contributed by atoms with E-state index in [0.717, 1.165) is 11.3 Å². The summed E-state index contributed by atoms with van der Waals surface area (Å²) in [6, 6.07) is 5.55. The van der Waals surface area contributed by atoms with Crippen molar-refractivity contribution in [1.82, 2.24) is 0 Å². The van der Waals surface area contributed by atoms with E-state index >= 15 is 0 Å². The highest BCUT2D eigenvalue weighted by Gasteiger charge is 2.60. The van der Waals surface area contributed by atoms with Crippen LogP contribution >= 0.6 is 0 Å². The predicted molar refractivity (Wildman–Crippen MR) is 61.4 cm³/mol. The molecule has 18 heavy (non-hydrogen) atoms. The molecule has 5 nitrogen and oxygen atoms in total. The van der Waals surface area contributed by atoms with Gasteiger partial charge in [0.1, 0.15) is 6.10 Å². The Balaban J connectivity index is 1.80. The largest absolute Gasteiger partial charge is 0.464 e. The zero-order chi connectivity index (χ0) is 12.8. The topological polar surface area (TPSA) is 57.3 Å². The first-order valence-corrected chi connectivity index (χ1v) is 5.89. The number of fused-ring (bicyclic) bond motifs is 1. The van der Waals surface area contributed by atoms with Crippen LogP contribution in [0, 0.1) is 0 Å². The maximum atomic E-state index is 11.7. The molecule has 1 fully saturated rings. The van der Waals surface area contributed by atoms with Crippen molar-refractivity contribution < 1.29 is 23.7 Å². The molecule has 0 aromatic heterocycles. The normalized spacial score (nSPS) is 28.0. The van der Waals surface area contributed by atoms with Crippen molar-refractivity contribution in [3.63, 3.8) is 0 Å². The number of ether oxygens (including phenoxy) is 4. The third-order valence-corrected chi connectivity index (χ3v) is 3.19. The average Bonchev–Trinajstić information content (AvgIpc) is 2.86. The zero-order valence-corrected chi connectivity index (χ0v) is 10.3. The Morgan fingerprint density at radius 1 is 1.44 bits per heavy atom. The summed E-state index contributed by atoms with van der Waals surface area (Å²) >= 11 is 0. The van der Waals surface area contributed by atoms with E-state index in [9.17, 15) is 4.79 Å². The van der Waals surface area contributed by atoms with E-state index in [-0.39, 0.29) is 18.9 Å². The van der Waals surface area contributed by atoms with Crippen molar-refractivity contribution in [3.8, 4) is 11.5 Å². The molecule has 0 spiro atoms. The Morgan fingerprint density at radius 3 is 3.00 bits per heavy atom. The van der Waals surface area contributed by atoms with Gasteiger partial charge in [0, 0.05) is 0 Å². The second kappa shape index (κ2) is 3.88. The number of hydrogen-bond donors (Lipinski definition) is 0. The molecule has 5 heteroatoms. The first-order chi connectivity index (χ1) is 8.65. The zero-order valence-electron chi connectivity index (χ0n) is 10.3. The Bertz CT molecular complexity index is 498. The molecule has 2 aliphatic heterocycles. The lowest BCUT2D eigenvalue weighted by molar-refractivity contribution is -0.148. The third-order valence-electron chi connectivity index (χ3n) is 3.19. The highest BCUT2D eigenvalue weighted by molar-refractivity contribution is 5.83. The number of carbonyl (C=O) groups excluding carboxylic acids is 1. The summed E-state index contributed by atoms with van der Waals surface area (Å²) in [5.41, 5.74) is 0.0266. The number of esters is 1. The molecule has 2 aliphatic rings. The first-order valence-electron chi connectivity index (χ1n) is 5.89. The highest BCUT2D eigenvalue weighted by atomic mass is 16.7. The van der Waals surface area contributed by atoms with Crippen LogP contribution in [0.5, 0.6) is 11.5 Å². The standard InChI is InChI=1S/C13H14O5/c1-3-15-12(14)13(2)11(18-13)8-4-5-9-10(6-8)17-7-16-9/h4-6,11H,3,7H2,1-2H3/t11-,13+/m0/s1. The van der Waals surface area contributed by atoms with Gasteiger partial charge in [-0.3, -0.25) is 0 Å². The molecule has 1 aromatic carbocycles. The summed E-state index contributed by atoms with van der Waals surface area (Å²) in [4.78, 5) is 11.7. The minimum absolute atomic E-state index is 0.236. The van der Waals surface area contributed by atoms with Gasteiger partial charge in [0.25, 0.3) is 0 Å². The predicted octanol–water partition coefficient (Wildman–Crippen LogP) is 1.81. The molecular weight excluding hydrogens is 236 g/mol. The Morgan fingerprint density at radius 2 is 2.22 bits per heavy atom. The second-order valence-electron chi connectivity index (χ2n) is 4.44. The smallest absolute Gasteiger partial charge is 0.341 e. The maximum absolute atomic E-state index is 11.7. The molecule has 0 N–H and O–H groups in total. The molecule has 1 aromatic rings. The Hall–Kier alpha value is -1.75. The van der Waals surface area contributed by atoms with E-state index < -0.39 is 5.60 Å². The molecular formula is C13H14O5. The van der Waals surface area contributed by atoms with Crippen molar-refractivity contribution >= 4 is 5.97 Å². The van der Waals surface area contributed by atoms with Crippen LogP contribution in [0.15, 0.2) is 18.2 Å². The van der Waals surface area contributed by atoms with Gasteiger partial charge in [0.2, 0.25) is 6.79 Å². The van der Waals surface area contributed by atoms with E-state index in [1.54, 1.807) is 13.8 Å². The van der Waals surface area contributed by atoms with Gasteiger partial charge < -0.3 is 18.9 Å². The molecule has 2 atom stereocenters. The van der Waals surface area contributed by atoms with Crippen molar-refractivity contribution in [2.45, 2.75) is 25.6 Å². The van der Waals surface area contributed by atoms with Gasteiger partial charge in [0.05, 0.1) is 6.61 Å². The Labute approximate surface area is 105 Å². The lowest BCUT2D eigenvalue weighted by atomic mass is 10.0. The van der Waals surface area contributed by atoms with Crippen LogP contribution in [-0.2, 0) is 14.3 Å². The molecule has 3 rings (SSSR count). The lowest BCUT2D eigenvalue weighted by Crippen LogP contribution is -2.24. The molecule has 0 amide bonds. The maximum Gasteiger partial charge on any atom is 0.341 e. The van der Waals surface area contributed by atoms with Crippen LogP contribution in [-0.4, -0.2) is 25.0 Å². The van der Waals surface area contributed by atoms with Gasteiger partial charge in [0.15, 0.2) is 17.1 Å². The molecule has 0 unspecified atom stereocenters. The second-order valence-corrected chi connectivity index (χ2v) is 4.44. The van der Waals surface area contributed by atoms with Crippen LogP contribution in [0.2, 0.25) is 0 Å². The fourth-order valence-corrected chi connectivity index (χ4v) is 2.10. The molecule has 0 aliphatic carbocycles. The molecule has 0 saturated carbocycles. The number of carbonyl (C=O) groups is 1. The van der Waals surface area contributed by atoms with Crippen LogP contribution in [0.1, 0.15) is 25.5 Å². The number of hydrogen-bond acceptors (Lipinski definition) is 5. The molecule has 2 heterocycles. The fraction of sp³-hybridized carbons (Fsp3) is 0.462. The monoisotopic (exact) mass is 250 g/mol. The SMILES string of the molecule is CCOC(=O)[C@]1(C)O[C@H]1c1ccc2c(c1)OCO2. The van der Waals surface area contributed by atoms with Gasteiger partial charge in [-0.25, -0.2) is 4.79 Å². The van der Waals surface area contributed by atoms with Crippen molar-refractivity contribution in [2.75, 3.05) is 13.4 Å². The number of epoxide rings is 1. The van der Waals surface area contributed by atoms with E-state index in [2.05, 4.69) is 0 Å². The summed E-state index contributed by atoms with van der Waals surface area (Å²) in [5, 5.41) is 0. The number of benzene rings is 1. The average molecular weight is 250 g/mol. The van der Waals surface area contributed by atoms with Crippen molar-refractivity contribution in [3.05, 3.63) is 23.8 Å². The van der Waals surface area contributed by atoms with Gasteiger partial charge in [-0.2, -0.15) is 0 Å². The quantitative estimate of drug-likeness (QED) is 0.605. The van der Waals surface area contributed by atoms with E-state index in [4.69, 9.17) is 18.9 Å². The van der Waals surface area contributed by atoms with Gasteiger partial charge in [-0.05, 0) is 31.5 Å². The van der Waals surface area contributed by atoms with Crippen molar-refractivity contribution in [1.29, 1.82) is 0 Å².